The van der Waals surface area contributed by atoms with Crippen molar-refractivity contribution in [1.29, 1.82) is 0 Å². The molecule has 0 bridgehead atoms. The van der Waals surface area contributed by atoms with Gasteiger partial charge in [0.15, 0.2) is 0 Å². The first-order valence-corrected chi connectivity index (χ1v) is 5.75. The Morgan fingerprint density at radius 3 is 3.06 bits per heavy atom. The second kappa shape index (κ2) is 4.13. The van der Waals surface area contributed by atoms with Gasteiger partial charge in [-0.05, 0) is 25.0 Å². The molecular weight excluding hydrogens is 216 g/mol. The van der Waals surface area contributed by atoms with Crippen molar-refractivity contribution in [2.45, 2.75) is 25.5 Å². The first-order valence-electron chi connectivity index (χ1n) is 5.75. The molecule has 4 heteroatoms. The molecule has 1 saturated carbocycles. The number of rotatable bonds is 4. The van der Waals surface area contributed by atoms with Crippen LogP contribution in [0.4, 0.5) is 0 Å². The molecule has 0 unspecified atom stereocenters. The van der Waals surface area contributed by atoms with E-state index in [1.807, 2.05) is 18.6 Å². The summed E-state index contributed by atoms with van der Waals surface area (Å²) in [5.41, 5.74) is 1.08. The van der Waals surface area contributed by atoms with Gasteiger partial charge in [0.1, 0.15) is 18.1 Å². The van der Waals surface area contributed by atoms with Crippen LogP contribution in [0.25, 0.3) is 0 Å². The largest absolute Gasteiger partial charge is 0.508 e. The Morgan fingerprint density at radius 1 is 1.41 bits per heavy atom. The third-order valence-electron chi connectivity index (χ3n) is 2.89. The predicted octanol–water partition coefficient (Wildman–Crippen LogP) is 2.50. The van der Waals surface area contributed by atoms with Crippen LogP contribution in [0, 0.1) is 0 Å². The number of aromatic nitrogens is 2. The zero-order valence-electron chi connectivity index (χ0n) is 9.41. The molecule has 1 fully saturated rings. The number of hydrogen-bond donors (Lipinski definition) is 1. The number of imidazole rings is 1. The SMILES string of the molecule is Oc1cccc(OCc2cncn2C2CC2)c1. The van der Waals surface area contributed by atoms with Gasteiger partial charge < -0.3 is 14.4 Å². The monoisotopic (exact) mass is 230 g/mol. The number of nitrogens with zero attached hydrogens (tertiary/aromatic N) is 2. The lowest BCUT2D eigenvalue weighted by atomic mass is 10.3. The highest BCUT2D eigenvalue weighted by atomic mass is 16.5. The molecule has 1 aromatic carbocycles. The fourth-order valence-electron chi connectivity index (χ4n) is 1.86. The Morgan fingerprint density at radius 2 is 2.29 bits per heavy atom. The van der Waals surface area contributed by atoms with E-state index in [1.54, 1.807) is 18.2 Å². The third kappa shape index (κ3) is 2.25. The van der Waals surface area contributed by atoms with Crippen molar-refractivity contribution in [2.75, 3.05) is 0 Å². The van der Waals surface area contributed by atoms with Crippen molar-refractivity contribution < 1.29 is 9.84 Å². The molecule has 1 aliphatic rings. The summed E-state index contributed by atoms with van der Waals surface area (Å²) in [5.74, 6) is 0.895. The molecule has 0 aliphatic heterocycles. The number of aromatic hydroxyl groups is 1. The summed E-state index contributed by atoms with van der Waals surface area (Å²) in [6, 6.07) is 7.44. The summed E-state index contributed by atoms with van der Waals surface area (Å²) in [4.78, 5) is 4.15. The molecular formula is C13H14N2O2. The maximum absolute atomic E-state index is 9.33. The van der Waals surface area contributed by atoms with Crippen LogP contribution in [0.2, 0.25) is 0 Å². The van der Waals surface area contributed by atoms with Crippen molar-refractivity contribution in [3.05, 3.63) is 42.5 Å². The molecule has 1 aliphatic carbocycles. The second-order valence-electron chi connectivity index (χ2n) is 4.31. The molecule has 88 valence electrons. The number of benzene rings is 1. The maximum Gasteiger partial charge on any atom is 0.130 e. The van der Waals surface area contributed by atoms with Crippen LogP contribution < -0.4 is 4.74 Å². The summed E-state index contributed by atoms with van der Waals surface area (Å²) in [6.07, 6.45) is 6.16. The summed E-state index contributed by atoms with van der Waals surface area (Å²) >= 11 is 0. The van der Waals surface area contributed by atoms with Gasteiger partial charge in [0.25, 0.3) is 0 Å². The van der Waals surface area contributed by atoms with E-state index in [-0.39, 0.29) is 5.75 Å². The maximum atomic E-state index is 9.33. The van der Waals surface area contributed by atoms with Gasteiger partial charge in [0.05, 0.1) is 18.2 Å². The van der Waals surface area contributed by atoms with Crippen LogP contribution >= 0.6 is 0 Å². The van der Waals surface area contributed by atoms with Crippen molar-refractivity contribution in [2.24, 2.45) is 0 Å². The van der Waals surface area contributed by atoms with Crippen LogP contribution in [-0.4, -0.2) is 14.7 Å². The van der Waals surface area contributed by atoms with Crippen LogP contribution in [-0.2, 0) is 6.61 Å². The molecule has 0 spiro atoms. The van der Waals surface area contributed by atoms with Crippen LogP contribution in [0.1, 0.15) is 24.6 Å². The summed E-state index contributed by atoms with van der Waals surface area (Å²) < 4.78 is 7.80. The van der Waals surface area contributed by atoms with Gasteiger partial charge in [-0.3, -0.25) is 0 Å². The van der Waals surface area contributed by atoms with E-state index >= 15 is 0 Å². The fraction of sp³-hybridized carbons (Fsp3) is 0.308. The van der Waals surface area contributed by atoms with Gasteiger partial charge in [0, 0.05) is 12.1 Å². The summed E-state index contributed by atoms with van der Waals surface area (Å²) in [6.45, 7) is 0.486. The van der Waals surface area contributed by atoms with E-state index in [9.17, 15) is 5.11 Å². The predicted molar refractivity (Wildman–Crippen MR) is 62.9 cm³/mol. The van der Waals surface area contributed by atoms with Gasteiger partial charge in [-0.1, -0.05) is 6.07 Å². The Labute approximate surface area is 99.5 Å². The fourth-order valence-corrected chi connectivity index (χ4v) is 1.86. The number of phenols is 1. The molecule has 0 saturated heterocycles. The highest BCUT2D eigenvalue weighted by molar-refractivity contribution is 5.31. The minimum atomic E-state index is 0.221. The molecule has 1 aromatic heterocycles. The first-order chi connectivity index (χ1) is 8.33. The topological polar surface area (TPSA) is 47.3 Å². The van der Waals surface area contributed by atoms with E-state index in [2.05, 4.69) is 9.55 Å². The van der Waals surface area contributed by atoms with Gasteiger partial charge in [-0.25, -0.2) is 4.98 Å². The van der Waals surface area contributed by atoms with Crippen molar-refractivity contribution >= 4 is 0 Å². The zero-order chi connectivity index (χ0) is 11.7. The minimum absolute atomic E-state index is 0.221. The normalized spacial score (nSPS) is 14.8. The van der Waals surface area contributed by atoms with E-state index in [0.717, 1.165) is 5.69 Å². The summed E-state index contributed by atoms with van der Waals surface area (Å²) in [7, 11) is 0. The number of phenolic OH excluding ortho intramolecular Hbond substituents is 1. The highest BCUT2D eigenvalue weighted by Gasteiger charge is 2.25. The molecule has 0 amide bonds. The Hall–Kier alpha value is -1.97. The van der Waals surface area contributed by atoms with Crippen molar-refractivity contribution in [3.63, 3.8) is 0 Å². The van der Waals surface area contributed by atoms with Gasteiger partial charge >= 0.3 is 0 Å². The number of ether oxygens (including phenoxy) is 1. The molecule has 2 aromatic rings. The first kappa shape index (κ1) is 10.2. The minimum Gasteiger partial charge on any atom is -0.508 e. The molecule has 3 rings (SSSR count). The molecule has 0 atom stereocenters. The Bertz CT molecular complexity index is 518. The average molecular weight is 230 g/mol. The quantitative estimate of drug-likeness (QED) is 0.877. The molecule has 17 heavy (non-hydrogen) atoms. The highest BCUT2D eigenvalue weighted by Crippen LogP contribution is 2.35. The van der Waals surface area contributed by atoms with Crippen LogP contribution in [0.15, 0.2) is 36.8 Å². The van der Waals surface area contributed by atoms with E-state index < -0.39 is 0 Å². The Balaban J connectivity index is 1.69. The summed E-state index contributed by atoms with van der Waals surface area (Å²) in [5, 5.41) is 9.33. The second-order valence-corrected chi connectivity index (χ2v) is 4.31. The zero-order valence-corrected chi connectivity index (χ0v) is 9.41. The molecule has 1 N–H and O–H groups in total. The molecule has 0 radical (unpaired) electrons. The van der Waals surface area contributed by atoms with Crippen LogP contribution in [0.5, 0.6) is 11.5 Å². The smallest absolute Gasteiger partial charge is 0.130 e. The lowest BCUT2D eigenvalue weighted by molar-refractivity contribution is 0.293. The van der Waals surface area contributed by atoms with Crippen molar-refractivity contribution in [3.8, 4) is 11.5 Å². The van der Waals surface area contributed by atoms with E-state index in [0.29, 0.717) is 18.4 Å². The van der Waals surface area contributed by atoms with Gasteiger partial charge in [0.2, 0.25) is 0 Å². The van der Waals surface area contributed by atoms with Gasteiger partial charge in [-0.15, -0.1) is 0 Å². The van der Waals surface area contributed by atoms with E-state index in [1.165, 1.54) is 12.8 Å². The van der Waals surface area contributed by atoms with Crippen molar-refractivity contribution in [1.82, 2.24) is 9.55 Å². The Kier molecular flexibility index (Phi) is 2.48. The average Bonchev–Trinajstić information content (AvgIpc) is 3.06. The standard InChI is InChI=1S/C13H14N2O2/c16-12-2-1-3-13(6-12)17-8-11-7-14-9-15(11)10-4-5-10/h1-3,6-7,9-10,16H,4-5,8H2. The number of hydrogen-bond acceptors (Lipinski definition) is 3. The van der Waals surface area contributed by atoms with E-state index in [4.69, 9.17) is 4.74 Å². The van der Waals surface area contributed by atoms with Crippen LogP contribution in [0.3, 0.4) is 0 Å². The lowest BCUT2D eigenvalue weighted by Gasteiger charge is -2.08. The lowest BCUT2D eigenvalue weighted by Crippen LogP contribution is -2.03. The van der Waals surface area contributed by atoms with Gasteiger partial charge in [-0.2, -0.15) is 0 Å². The third-order valence-corrected chi connectivity index (χ3v) is 2.89. The molecule has 4 nitrogen and oxygen atoms in total. The molecule has 1 heterocycles.